The van der Waals surface area contributed by atoms with Gasteiger partial charge in [-0.3, -0.25) is 9.78 Å². The van der Waals surface area contributed by atoms with Gasteiger partial charge in [0.15, 0.2) is 0 Å². The van der Waals surface area contributed by atoms with Crippen LogP contribution >= 0.6 is 0 Å². The second-order valence-electron chi connectivity index (χ2n) is 3.83. The number of hydrogen-bond acceptors (Lipinski definition) is 5. The molecule has 0 bridgehead atoms. The van der Waals surface area contributed by atoms with E-state index in [4.69, 9.17) is 5.11 Å². The Hall–Kier alpha value is -2.34. The van der Waals surface area contributed by atoms with Gasteiger partial charge in [-0.2, -0.15) is 0 Å². The molecule has 0 saturated carbocycles. The van der Waals surface area contributed by atoms with Gasteiger partial charge in [0, 0.05) is 25.5 Å². The molecule has 1 amide bonds. The number of hydrogen-bond donors (Lipinski definition) is 2. The van der Waals surface area contributed by atoms with Crippen LogP contribution in [0.3, 0.4) is 0 Å². The lowest BCUT2D eigenvalue weighted by molar-refractivity contribution is 0.0951. The van der Waals surface area contributed by atoms with Gasteiger partial charge in [0.05, 0.1) is 11.3 Å². The number of carbonyl (C=O) groups excluding carboxylic acids is 1. The largest absolute Gasteiger partial charge is 0.396 e. The van der Waals surface area contributed by atoms with Crippen LogP contribution in [0.2, 0.25) is 0 Å². The molecule has 2 rings (SSSR count). The van der Waals surface area contributed by atoms with Crippen LogP contribution in [0.15, 0.2) is 36.9 Å². The lowest BCUT2D eigenvalue weighted by Crippen LogP contribution is -2.25. The van der Waals surface area contributed by atoms with Crippen molar-refractivity contribution in [2.45, 2.75) is 6.42 Å². The van der Waals surface area contributed by atoms with E-state index in [1.54, 1.807) is 30.6 Å². The summed E-state index contributed by atoms with van der Waals surface area (Å²) in [4.78, 5) is 24.2. The summed E-state index contributed by atoms with van der Waals surface area (Å²) in [7, 11) is 0. The minimum Gasteiger partial charge on any atom is -0.396 e. The Morgan fingerprint density at radius 2 is 2.16 bits per heavy atom. The Morgan fingerprint density at radius 3 is 2.89 bits per heavy atom. The van der Waals surface area contributed by atoms with Gasteiger partial charge in [-0.25, -0.2) is 9.97 Å². The molecule has 0 aromatic carbocycles. The third kappa shape index (κ3) is 3.32. The number of nitrogens with zero attached hydrogens (tertiary/aromatic N) is 3. The van der Waals surface area contributed by atoms with Crippen molar-refractivity contribution in [3.05, 3.63) is 42.5 Å². The molecule has 6 heteroatoms. The molecule has 19 heavy (non-hydrogen) atoms. The minimum atomic E-state index is -0.227. The highest BCUT2D eigenvalue weighted by atomic mass is 16.3. The Kier molecular flexibility index (Phi) is 4.52. The third-order valence-corrected chi connectivity index (χ3v) is 2.50. The average molecular weight is 258 g/mol. The van der Waals surface area contributed by atoms with Crippen molar-refractivity contribution in [3.63, 3.8) is 0 Å². The van der Waals surface area contributed by atoms with E-state index >= 15 is 0 Å². The SMILES string of the molecule is O=C(NCCCO)c1cccnc1-c1ccncn1. The highest BCUT2D eigenvalue weighted by molar-refractivity contribution is 5.99. The van der Waals surface area contributed by atoms with Crippen molar-refractivity contribution in [1.82, 2.24) is 20.3 Å². The predicted octanol–water partition coefficient (Wildman–Crippen LogP) is 0.651. The van der Waals surface area contributed by atoms with Crippen molar-refractivity contribution in [1.29, 1.82) is 0 Å². The number of aliphatic hydroxyl groups is 1. The molecule has 0 unspecified atom stereocenters. The first kappa shape index (κ1) is 13.1. The maximum absolute atomic E-state index is 12.0. The molecule has 6 nitrogen and oxygen atoms in total. The number of amides is 1. The van der Waals surface area contributed by atoms with Gasteiger partial charge in [-0.05, 0) is 24.6 Å². The molecule has 98 valence electrons. The van der Waals surface area contributed by atoms with Crippen LogP contribution < -0.4 is 5.32 Å². The molecule has 0 aliphatic rings. The summed E-state index contributed by atoms with van der Waals surface area (Å²) < 4.78 is 0. The molecule has 0 radical (unpaired) electrons. The zero-order valence-electron chi connectivity index (χ0n) is 10.3. The molecule has 0 aliphatic carbocycles. The van der Waals surface area contributed by atoms with E-state index in [0.717, 1.165) is 0 Å². The average Bonchev–Trinajstić information content (AvgIpc) is 2.48. The van der Waals surface area contributed by atoms with Gasteiger partial charge in [-0.1, -0.05) is 0 Å². The standard InChI is InChI=1S/C13H14N4O2/c18-8-2-6-16-13(19)10-3-1-5-15-12(10)11-4-7-14-9-17-11/h1,3-5,7,9,18H,2,6,8H2,(H,16,19). The van der Waals surface area contributed by atoms with Gasteiger partial charge in [0.2, 0.25) is 0 Å². The summed E-state index contributed by atoms with van der Waals surface area (Å²) in [5.41, 5.74) is 1.58. The molecular weight excluding hydrogens is 244 g/mol. The number of aliphatic hydroxyl groups excluding tert-OH is 1. The van der Waals surface area contributed by atoms with Crippen LogP contribution in [0, 0.1) is 0 Å². The maximum Gasteiger partial charge on any atom is 0.253 e. The molecule has 2 N–H and O–H groups in total. The molecule has 0 atom stereocenters. The van der Waals surface area contributed by atoms with Crippen molar-refractivity contribution in [2.75, 3.05) is 13.2 Å². The van der Waals surface area contributed by atoms with E-state index in [-0.39, 0.29) is 12.5 Å². The molecule has 0 aliphatic heterocycles. The second-order valence-corrected chi connectivity index (χ2v) is 3.83. The first-order chi connectivity index (χ1) is 9.33. The minimum absolute atomic E-state index is 0.0477. The van der Waals surface area contributed by atoms with Crippen molar-refractivity contribution < 1.29 is 9.90 Å². The Morgan fingerprint density at radius 1 is 1.26 bits per heavy atom. The van der Waals surface area contributed by atoms with E-state index in [2.05, 4.69) is 20.3 Å². The van der Waals surface area contributed by atoms with Crippen LogP contribution in [-0.4, -0.2) is 39.1 Å². The van der Waals surface area contributed by atoms with Crippen molar-refractivity contribution in [2.24, 2.45) is 0 Å². The fraction of sp³-hybridized carbons (Fsp3) is 0.231. The van der Waals surface area contributed by atoms with Crippen LogP contribution in [0.4, 0.5) is 0 Å². The zero-order valence-corrected chi connectivity index (χ0v) is 10.3. The number of pyridine rings is 1. The van der Waals surface area contributed by atoms with Crippen molar-refractivity contribution >= 4 is 5.91 Å². The van der Waals surface area contributed by atoms with E-state index in [1.807, 2.05) is 0 Å². The number of nitrogens with one attached hydrogen (secondary N) is 1. The summed E-state index contributed by atoms with van der Waals surface area (Å²) in [6.45, 7) is 0.472. The summed E-state index contributed by atoms with van der Waals surface area (Å²) in [5.74, 6) is -0.227. The van der Waals surface area contributed by atoms with Crippen LogP contribution in [0.5, 0.6) is 0 Å². The van der Waals surface area contributed by atoms with Crippen molar-refractivity contribution in [3.8, 4) is 11.4 Å². The normalized spacial score (nSPS) is 10.2. The monoisotopic (exact) mass is 258 g/mol. The Bertz CT molecular complexity index is 545. The molecular formula is C13H14N4O2. The summed E-state index contributed by atoms with van der Waals surface area (Å²) in [6, 6.07) is 5.09. The molecule has 2 aromatic rings. The van der Waals surface area contributed by atoms with Crippen LogP contribution in [-0.2, 0) is 0 Å². The fourth-order valence-corrected chi connectivity index (χ4v) is 1.60. The number of aromatic nitrogens is 3. The van der Waals surface area contributed by atoms with E-state index in [0.29, 0.717) is 29.9 Å². The lowest BCUT2D eigenvalue weighted by atomic mass is 10.1. The summed E-state index contributed by atoms with van der Waals surface area (Å²) >= 11 is 0. The van der Waals surface area contributed by atoms with E-state index in [1.165, 1.54) is 6.33 Å². The van der Waals surface area contributed by atoms with E-state index < -0.39 is 0 Å². The van der Waals surface area contributed by atoms with Crippen LogP contribution in [0.1, 0.15) is 16.8 Å². The number of carbonyl (C=O) groups is 1. The van der Waals surface area contributed by atoms with Gasteiger partial charge in [-0.15, -0.1) is 0 Å². The molecule has 2 heterocycles. The Balaban J connectivity index is 2.24. The lowest BCUT2D eigenvalue weighted by Gasteiger charge is -2.08. The molecule has 0 fully saturated rings. The quantitative estimate of drug-likeness (QED) is 0.769. The highest BCUT2D eigenvalue weighted by Crippen LogP contribution is 2.17. The topological polar surface area (TPSA) is 88.0 Å². The van der Waals surface area contributed by atoms with Gasteiger partial charge in [0.1, 0.15) is 12.0 Å². The van der Waals surface area contributed by atoms with Crippen LogP contribution in [0.25, 0.3) is 11.4 Å². The summed E-state index contributed by atoms with van der Waals surface area (Å²) in [6.07, 6.45) is 5.15. The Labute approximate surface area is 110 Å². The first-order valence-corrected chi connectivity index (χ1v) is 5.93. The number of rotatable bonds is 5. The smallest absolute Gasteiger partial charge is 0.253 e. The molecule has 0 saturated heterocycles. The molecule has 0 spiro atoms. The van der Waals surface area contributed by atoms with Gasteiger partial charge in [0.25, 0.3) is 5.91 Å². The second kappa shape index (κ2) is 6.55. The van der Waals surface area contributed by atoms with Gasteiger partial charge < -0.3 is 10.4 Å². The predicted molar refractivity (Wildman–Crippen MR) is 69.3 cm³/mol. The van der Waals surface area contributed by atoms with E-state index in [9.17, 15) is 4.79 Å². The summed E-state index contributed by atoms with van der Waals surface area (Å²) in [5, 5.41) is 11.4. The third-order valence-electron chi connectivity index (χ3n) is 2.50. The highest BCUT2D eigenvalue weighted by Gasteiger charge is 2.13. The fourth-order valence-electron chi connectivity index (χ4n) is 1.60. The zero-order chi connectivity index (χ0) is 13.5. The molecule has 2 aromatic heterocycles. The first-order valence-electron chi connectivity index (χ1n) is 5.93. The van der Waals surface area contributed by atoms with Gasteiger partial charge >= 0.3 is 0 Å². The maximum atomic E-state index is 12.0.